The molecule has 1 amide bonds. The van der Waals surface area contributed by atoms with Gasteiger partial charge in [0.1, 0.15) is 5.52 Å². The summed E-state index contributed by atoms with van der Waals surface area (Å²) in [7, 11) is 0. The largest absolute Gasteiger partial charge is 0.505 e. The number of aromatic hydroxyl groups is 1. The molecule has 0 bridgehead atoms. The Labute approximate surface area is 138 Å². The number of carbonyl (C=O) groups excluding carboxylic acids is 1. The molecule has 0 radical (unpaired) electrons. The molecule has 2 N–H and O–H groups in total. The van der Waals surface area contributed by atoms with Crippen LogP contribution in [0.3, 0.4) is 0 Å². The molecule has 0 aliphatic carbocycles. The number of phenolic OH excluding ortho intramolecular Hbond substituents is 1. The number of rotatable bonds is 7. The number of amides is 1. The minimum Gasteiger partial charge on any atom is -0.505 e. The van der Waals surface area contributed by atoms with Gasteiger partial charge in [0.2, 0.25) is 0 Å². The second kappa shape index (κ2) is 9.13. The van der Waals surface area contributed by atoms with E-state index < -0.39 is 0 Å². The van der Waals surface area contributed by atoms with Crippen molar-refractivity contribution in [3.63, 3.8) is 0 Å². The molecule has 1 heterocycles. The summed E-state index contributed by atoms with van der Waals surface area (Å²) in [6.45, 7) is 4.96. The Kier molecular flexibility index (Phi) is 7.52. The molecule has 1 atom stereocenters. The van der Waals surface area contributed by atoms with Gasteiger partial charge in [-0.3, -0.25) is 9.78 Å². The fourth-order valence-electron chi connectivity index (χ4n) is 2.59. The summed E-state index contributed by atoms with van der Waals surface area (Å²) in [5, 5.41) is 14.0. The van der Waals surface area contributed by atoms with Crippen LogP contribution in [-0.2, 0) is 0 Å². The van der Waals surface area contributed by atoms with Crippen LogP contribution in [0.1, 0.15) is 57.3 Å². The molecule has 0 aliphatic heterocycles. The lowest BCUT2D eigenvalue weighted by molar-refractivity contribution is 0.0943. The molecular formula is C19H28N2O2. The second-order valence-corrected chi connectivity index (χ2v) is 5.66. The Bertz CT molecular complexity index is 640. The molecule has 1 aromatic carbocycles. The Morgan fingerprint density at radius 3 is 2.78 bits per heavy atom. The third-order valence-electron chi connectivity index (χ3n) is 4.09. The van der Waals surface area contributed by atoms with Crippen molar-refractivity contribution in [1.82, 2.24) is 10.3 Å². The predicted octanol–water partition coefficient (Wildman–Crippen LogP) is 4.52. The Morgan fingerprint density at radius 2 is 2.09 bits per heavy atom. The molecule has 2 aromatic rings. The fourth-order valence-corrected chi connectivity index (χ4v) is 2.59. The molecule has 1 aromatic heterocycles. The van der Waals surface area contributed by atoms with Crippen molar-refractivity contribution in [2.45, 2.75) is 47.0 Å². The summed E-state index contributed by atoms with van der Waals surface area (Å²) in [5.41, 5.74) is 0.754. The summed E-state index contributed by atoms with van der Waals surface area (Å²) in [5.74, 6) is 0.210. The first-order chi connectivity index (χ1) is 10.7. The molecule has 0 spiro atoms. The third-order valence-corrected chi connectivity index (χ3v) is 4.09. The van der Waals surface area contributed by atoms with E-state index in [9.17, 15) is 9.90 Å². The molecule has 0 fully saturated rings. The lowest BCUT2D eigenvalue weighted by Crippen LogP contribution is -2.29. The molecule has 4 heteroatoms. The van der Waals surface area contributed by atoms with Crippen LogP contribution in [-0.4, -0.2) is 22.5 Å². The summed E-state index contributed by atoms with van der Waals surface area (Å²) in [4.78, 5) is 16.5. The standard InChI is InChI=1S/C18H24N2O2.CH4/c1-3-5-7-13(4-2)12-20-18(22)15-10-9-14-8-6-11-19-16(14)17(15)21;/h6,8-11,13,21H,3-5,7,12H2,1-2H3,(H,20,22);1H4. The number of benzene rings is 1. The molecule has 4 nitrogen and oxygen atoms in total. The smallest absolute Gasteiger partial charge is 0.255 e. The monoisotopic (exact) mass is 316 g/mol. The highest BCUT2D eigenvalue weighted by Gasteiger charge is 2.15. The van der Waals surface area contributed by atoms with Crippen LogP contribution in [0.2, 0.25) is 0 Å². The first kappa shape index (κ1) is 18.9. The Hall–Kier alpha value is -2.10. The maximum Gasteiger partial charge on any atom is 0.255 e. The molecular weight excluding hydrogens is 288 g/mol. The van der Waals surface area contributed by atoms with Gasteiger partial charge in [0.15, 0.2) is 5.75 Å². The number of nitrogens with zero attached hydrogens (tertiary/aromatic N) is 1. The first-order valence-corrected chi connectivity index (χ1v) is 8.02. The van der Waals surface area contributed by atoms with E-state index in [1.54, 1.807) is 18.3 Å². The number of hydrogen-bond acceptors (Lipinski definition) is 3. The zero-order chi connectivity index (χ0) is 15.9. The van der Waals surface area contributed by atoms with Crippen LogP contribution < -0.4 is 5.32 Å². The van der Waals surface area contributed by atoms with E-state index in [0.29, 0.717) is 18.0 Å². The van der Waals surface area contributed by atoms with Gasteiger partial charge in [0, 0.05) is 18.1 Å². The van der Waals surface area contributed by atoms with Crippen molar-refractivity contribution < 1.29 is 9.90 Å². The summed E-state index contributed by atoms with van der Waals surface area (Å²) < 4.78 is 0. The molecule has 0 saturated carbocycles. The molecule has 0 aliphatic rings. The van der Waals surface area contributed by atoms with Crippen LogP contribution in [0.5, 0.6) is 5.75 Å². The number of pyridine rings is 1. The number of carbonyl (C=O) groups is 1. The van der Waals surface area contributed by atoms with Crippen molar-refractivity contribution in [2.75, 3.05) is 6.54 Å². The first-order valence-electron chi connectivity index (χ1n) is 8.02. The van der Waals surface area contributed by atoms with Crippen molar-refractivity contribution in [2.24, 2.45) is 5.92 Å². The van der Waals surface area contributed by atoms with Crippen LogP contribution in [0.15, 0.2) is 30.5 Å². The zero-order valence-electron chi connectivity index (χ0n) is 13.3. The van der Waals surface area contributed by atoms with Crippen LogP contribution in [0.25, 0.3) is 10.9 Å². The van der Waals surface area contributed by atoms with Crippen LogP contribution >= 0.6 is 0 Å². The van der Waals surface area contributed by atoms with Crippen molar-refractivity contribution in [1.29, 1.82) is 0 Å². The van der Waals surface area contributed by atoms with Gasteiger partial charge in [-0.15, -0.1) is 0 Å². The Balaban J connectivity index is 0.00000264. The van der Waals surface area contributed by atoms with Crippen LogP contribution in [0, 0.1) is 5.92 Å². The van der Waals surface area contributed by atoms with Gasteiger partial charge >= 0.3 is 0 Å². The average Bonchev–Trinajstić information content (AvgIpc) is 2.55. The Morgan fingerprint density at radius 1 is 1.30 bits per heavy atom. The van der Waals surface area contributed by atoms with E-state index in [1.807, 2.05) is 12.1 Å². The van der Waals surface area contributed by atoms with Gasteiger partial charge in [0.05, 0.1) is 5.56 Å². The molecule has 1 unspecified atom stereocenters. The van der Waals surface area contributed by atoms with Gasteiger partial charge < -0.3 is 10.4 Å². The van der Waals surface area contributed by atoms with E-state index in [4.69, 9.17) is 0 Å². The van der Waals surface area contributed by atoms with Gasteiger partial charge in [-0.2, -0.15) is 0 Å². The number of hydrogen-bond donors (Lipinski definition) is 2. The van der Waals surface area contributed by atoms with E-state index in [1.165, 1.54) is 12.8 Å². The second-order valence-electron chi connectivity index (χ2n) is 5.66. The summed E-state index contributed by atoms with van der Waals surface area (Å²) >= 11 is 0. The quantitative estimate of drug-likeness (QED) is 0.789. The number of nitrogens with one attached hydrogen (secondary N) is 1. The summed E-state index contributed by atoms with van der Waals surface area (Å²) in [6.07, 6.45) is 6.13. The molecule has 126 valence electrons. The maximum absolute atomic E-state index is 12.3. The van der Waals surface area contributed by atoms with Gasteiger partial charge in [-0.1, -0.05) is 52.7 Å². The third kappa shape index (κ3) is 4.68. The van der Waals surface area contributed by atoms with Crippen molar-refractivity contribution in [3.05, 3.63) is 36.0 Å². The van der Waals surface area contributed by atoms with Crippen LogP contribution in [0.4, 0.5) is 0 Å². The lowest BCUT2D eigenvalue weighted by atomic mass is 9.99. The number of unbranched alkanes of at least 4 members (excludes halogenated alkanes) is 1. The maximum atomic E-state index is 12.3. The summed E-state index contributed by atoms with van der Waals surface area (Å²) in [6, 6.07) is 7.13. The molecule has 2 rings (SSSR count). The number of phenols is 1. The zero-order valence-corrected chi connectivity index (χ0v) is 13.3. The van der Waals surface area contributed by atoms with Crippen molar-refractivity contribution in [3.8, 4) is 5.75 Å². The van der Waals surface area contributed by atoms with Gasteiger partial charge in [-0.25, -0.2) is 0 Å². The van der Waals surface area contributed by atoms with E-state index >= 15 is 0 Å². The van der Waals surface area contributed by atoms with Gasteiger partial charge in [-0.05, 0) is 24.5 Å². The minimum atomic E-state index is -0.236. The molecule has 0 saturated heterocycles. The molecule has 23 heavy (non-hydrogen) atoms. The van der Waals surface area contributed by atoms with E-state index in [-0.39, 0.29) is 24.6 Å². The number of aromatic nitrogens is 1. The lowest BCUT2D eigenvalue weighted by Gasteiger charge is -2.15. The highest BCUT2D eigenvalue weighted by atomic mass is 16.3. The highest BCUT2D eigenvalue weighted by Crippen LogP contribution is 2.26. The predicted molar refractivity (Wildman–Crippen MR) is 95.8 cm³/mol. The van der Waals surface area contributed by atoms with E-state index in [2.05, 4.69) is 24.1 Å². The van der Waals surface area contributed by atoms with Gasteiger partial charge in [0.25, 0.3) is 5.91 Å². The minimum absolute atomic E-state index is 0. The number of fused-ring (bicyclic) bond motifs is 1. The topological polar surface area (TPSA) is 62.2 Å². The average molecular weight is 316 g/mol. The normalized spacial score (nSPS) is 11.7. The van der Waals surface area contributed by atoms with E-state index in [0.717, 1.165) is 18.2 Å². The highest BCUT2D eigenvalue weighted by molar-refractivity contribution is 6.02. The fraction of sp³-hybridized carbons (Fsp3) is 0.474. The SMILES string of the molecule is C.CCCCC(CC)CNC(=O)c1ccc2cccnc2c1O. The van der Waals surface area contributed by atoms with Crippen molar-refractivity contribution >= 4 is 16.8 Å².